The first-order valence-electron chi connectivity index (χ1n) is 7.47. The minimum Gasteiger partial charge on any atom is -0.395 e. The minimum atomic E-state index is -0.699. The molecule has 1 aromatic carbocycles. The first kappa shape index (κ1) is 18.0. The zero-order chi connectivity index (χ0) is 16.7. The summed E-state index contributed by atoms with van der Waals surface area (Å²) in [6.45, 7) is 7.84. The number of nitrogens with zero attached hydrogens (tertiary/aromatic N) is 2. The monoisotopic (exact) mass is 307 g/mol. The number of carbonyl (C=O) groups is 2. The SMILES string of the molecule is CCN(CC)c1ccc(NC(=O)C(=O)N(C)CCO)c(C)c1. The molecule has 0 atom stereocenters. The Morgan fingerprint density at radius 3 is 2.36 bits per heavy atom. The van der Waals surface area contributed by atoms with Crippen LogP contribution in [0.25, 0.3) is 0 Å². The Morgan fingerprint density at radius 1 is 1.23 bits per heavy atom. The molecule has 22 heavy (non-hydrogen) atoms. The van der Waals surface area contributed by atoms with E-state index in [1.165, 1.54) is 11.9 Å². The average molecular weight is 307 g/mol. The van der Waals surface area contributed by atoms with Gasteiger partial charge in [0.15, 0.2) is 0 Å². The summed E-state index contributed by atoms with van der Waals surface area (Å²) in [5.74, 6) is -1.36. The van der Waals surface area contributed by atoms with Crippen molar-refractivity contribution < 1.29 is 14.7 Å². The first-order chi connectivity index (χ1) is 10.4. The van der Waals surface area contributed by atoms with Crippen molar-refractivity contribution in [3.63, 3.8) is 0 Å². The summed E-state index contributed by atoms with van der Waals surface area (Å²) < 4.78 is 0. The summed E-state index contributed by atoms with van der Waals surface area (Å²) >= 11 is 0. The second-order valence-corrected chi connectivity index (χ2v) is 5.08. The number of carbonyl (C=O) groups excluding carboxylic acids is 2. The molecule has 0 fully saturated rings. The summed E-state index contributed by atoms with van der Waals surface area (Å²) in [5, 5.41) is 11.4. The van der Waals surface area contributed by atoms with E-state index in [0.717, 1.165) is 24.3 Å². The van der Waals surface area contributed by atoms with E-state index in [1.807, 2.05) is 19.1 Å². The molecule has 6 heteroatoms. The molecule has 0 aromatic heterocycles. The van der Waals surface area contributed by atoms with E-state index >= 15 is 0 Å². The third-order valence-electron chi connectivity index (χ3n) is 3.56. The summed E-state index contributed by atoms with van der Waals surface area (Å²) in [4.78, 5) is 27.1. The smallest absolute Gasteiger partial charge is 0.313 e. The van der Waals surface area contributed by atoms with Crippen molar-refractivity contribution in [3.05, 3.63) is 23.8 Å². The van der Waals surface area contributed by atoms with Crippen molar-refractivity contribution in [2.24, 2.45) is 0 Å². The van der Waals surface area contributed by atoms with Crippen molar-refractivity contribution in [2.45, 2.75) is 20.8 Å². The fourth-order valence-electron chi connectivity index (χ4n) is 2.17. The molecule has 1 aromatic rings. The second-order valence-electron chi connectivity index (χ2n) is 5.08. The van der Waals surface area contributed by atoms with E-state index < -0.39 is 11.8 Å². The molecule has 0 spiro atoms. The molecular formula is C16H25N3O3. The number of amides is 2. The van der Waals surface area contributed by atoms with Gasteiger partial charge in [-0.05, 0) is 44.5 Å². The number of benzene rings is 1. The third kappa shape index (κ3) is 4.46. The number of likely N-dealkylation sites (N-methyl/N-ethyl adjacent to an activating group) is 1. The number of hydrogen-bond donors (Lipinski definition) is 2. The van der Waals surface area contributed by atoms with Gasteiger partial charge in [0.05, 0.1) is 6.61 Å². The zero-order valence-corrected chi connectivity index (χ0v) is 13.7. The Morgan fingerprint density at radius 2 is 1.86 bits per heavy atom. The lowest BCUT2D eigenvalue weighted by Crippen LogP contribution is -2.38. The standard InChI is InChI=1S/C16H25N3O3/c1-5-19(6-2)13-7-8-14(12(3)11-13)17-15(21)16(22)18(4)9-10-20/h7-8,11,20H,5-6,9-10H2,1-4H3,(H,17,21). The second kappa shape index (κ2) is 8.38. The molecule has 0 radical (unpaired) electrons. The van der Waals surface area contributed by atoms with Gasteiger partial charge in [-0.2, -0.15) is 0 Å². The fraction of sp³-hybridized carbons (Fsp3) is 0.500. The molecule has 1 rings (SSSR count). The molecule has 0 saturated heterocycles. The summed E-state index contributed by atoms with van der Waals surface area (Å²) in [6.07, 6.45) is 0. The van der Waals surface area contributed by atoms with Gasteiger partial charge in [0.1, 0.15) is 0 Å². The molecule has 122 valence electrons. The number of rotatable bonds is 6. The van der Waals surface area contributed by atoms with Gasteiger partial charge in [0, 0.05) is 38.1 Å². The molecule has 0 aliphatic heterocycles. The van der Waals surface area contributed by atoms with Crippen LogP contribution in [-0.4, -0.2) is 55.1 Å². The highest BCUT2D eigenvalue weighted by molar-refractivity contribution is 6.39. The van der Waals surface area contributed by atoms with Gasteiger partial charge in [-0.1, -0.05) is 0 Å². The summed E-state index contributed by atoms with van der Waals surface area (Å²) in [6, 6.07) is 5.72. The van der Waals surface area contributed by atoms with E-state index in [-0.39, 0.29) is 13.2 Å². The lowest BCUT2D eigenvalue weighted by molar-refractivity contribution is -0.142. The largest absolute Gasteiger partial charge is 0.395 e. The maximum absolute atomic E-state index is 11.9. The molecule has 0 aliphatic rings. The molecular weight excluding hydrogens is 282 g/mol. The van der Waals surface area contributed by atoms with Gasteiger partial charge in [0.25, 0.3) is 0 Å². The van der Waals surface area contributed by atoms with Gasteiger partial charge in [0.2, 0.25) is 0 Å². The lowest BCUT2D eigenvalue weighted by atomic mass is 10.1. The Hall–Kier alpha value is -2.08. The van der Waals surface area contributed by atoms with E-state index in [0.29, 0.717) is 5.69 Å². The quantitative estimate of drug-likeness (QED) is 0.775. The van der Waals surface area contributed by atoms with Crippen LogP contribution in [0, 0.1) is 6.92 Å². The average Bonchev–Trinajstić information content (AvgIpc) is 2.50. The van der Waals surface area contributed by atoms with Crippen LogP contribution in [0.3, 0.4) is 0 Å². The highest BCUT2D eigenvalue weighted by atomic mass is 16.3. The van der Waals surface area contributed by atoms with Crippen molar-refractivity contribution in [1.82, 2.24) is 4.90 Å². The molecule has 2 amide bonds. The maximum Gasteiger partial charge on any atom is 0.313 e. The van der Waals surface area contributed by atoms with Crippen molar-refractivity contribution in [1.29, 1.82) is 0 Å². The predicted molar refractivity (Wildman–Crippen MR) is 88.1 cm³/mol. The molecule has 2 N–H and O–H groups in total. The Kier molecular flexibility index (Phi) is 6.85. The number of nitrogens with one attached hydrogen (secondary N) is 1. The van der Waals surface area contributed by atoms with Gasteiger partial charge in [-0.15, -0.1) is 0 Å². The minimum absolute atomic E-state index is 0.131. The molecule has 0 saturated carbocycles. The number of hydrogen-bond acceptors (Lipinski definition) is 4. The van der Waals surface area contributed by atoms with Crippen LogP contribution in [0.4, 0.5) is 11.4 Å². The Labute approximate surface area is 131 Å². The van der Waals surface area contributed by atoms with Crippen LogP contribution in [0.15, 0.2) is 18.2 Å². The zero-order valence-electron chi connectivity index (χ0n) is 13.7. The van der Waals surface area contributed by atoms with E-state index in [4.69, 9.17) is 5.11 Å². The number of aliphatic hydroxyl groups is 1. The van der Waals surface area contributed by atoms with Gasteiger partial charge in [-0.3, -0.25) is 9.59 Å². The first-order valence-corrected chi connectivity index (χ1v) is 7.47. The van der Waals surface area contributed by atoms with E-state index in [1.54, 1.807) is 6.07 Å². The van der Waals surface area contributed by atoms with E-state index in [2.05, 4.69) is 24.1 Å². The number of aryl methyl sites for hydroxylation is 1. The van der Waals surface area contributed by atoms with E-state index in [9.17, 15) is 9.59 Å². The third-order valence-corrected chi connectivity index (χ3v) is 3.56. The van der Waals surface area contributed by atoms with Crippen molar-refractivity contribution in [2.75, 3.05) is 43.5 Å². The van der Waals surface area contributed by atoms with Crippen LogP contribution in [0.2, 0.25) is 0 Å². The fourth-order valence-corrected chi connectivity index (χ4v) is 2.17. The van der Waals surface area contributed by atoms with Gasteiger partial charge in [-0.25, -0.2) is 0 Å². The van der Waals surface area contributed by atoms with Crippen LogP contribution in [-0.2, 0) is 9.59 Å². The Balaban J connectivity index is 2.82. The molecule has 0 unspecified atom stereocenters. The van der Waals surface area contributed by atoms with Crippen LogP contribution < -0.4 is 10.2 Å². The number of aliphatic hydroxyl groups excluding tert-OH is 1. The van der Waals surface area contributed by atoms with Gasteiger partial charge >= 0.3 is 11.8 Å². The topological polar surface area (TPSA) is 72.9 Å². The lowest BCUT2D eigenvalue weighted by Gasteiger charge is -2.22. The van der Waals surface area contributed by atoms with Crippen LogP contribution in [0.1, 0.15) is 19.4 Å². The molecule has 0 aliphatic carbocycles. The van der Waals surface area contributed by atoms with Crippen LogP contribution >= 0.6 is 0 Å². The summed E-state index contributed by atoms with van der Waals surface area (Å²) in [5.41, 5.74) is 2.60. The highest BCUT2D eigenvalue weighted by Crippen LogP contribution is 2.22. The molecule has 6 nitrogen and oxygen atoms in total. The molecule has 0 heterocycles. The van der Waals surface area contributed by atoms with Crippen LogP contribution in [0.5, 0.6) is 0 Å². The normalized spacial score (nSPS) is 10.2. The maximum atomic E-state index is 11.9. The predicted octanol–water partition coefficient (Wildman–Crippen LogP) is 1.23. The van der Waals surface area contributed by atoms with Crippen molar-refractivity contribution >= 4 is 23.2 Å². The highest BCUT2D eigenvalue weighted by Gasteiger charge is 2.19. The number of anilines is 2. The van der Waals surface area contributed by atoms with Gasteiger partial charge < -0.3 is 20.2 Å². The summed E-state index contributed by atoms with van der Waals surface area (Å²) in [7, 11) is 1.48. The Bertz CT molecular complexity index is 527. The van der Waals surface area contributed by atoms with Crippen molar-refractivity contribution in [3.8, 4) is 0 Å². The molecule has 0 bridgehead atoms.